The molecule has 0 aromatic heterocycles. The lowest BCUT2D eigenvalue weighted by Gasteiger charge is -2.12. The minimum atomic E-state index is -0.360. The van der Waals surface area contributed by atoms with Gasteiger partial charge in [0.05, 0.1) is 11.0 Å². The first-order valence-electron chi connectivity index (χ1n) is 6.53. The molecule has 0 saturated heterocycles. The summed E-state index contributed by atoms with van der Waals surface area (Å²) in [6.07, 6.45) is 0. The second kappa shape index (κ2) is 5.83. The second-order valence-electron chi connectivity index (χ2n) is 4.81. The maximum absolute atomic E-state index is 11.1. The van der Waals surface area contributed by atoms with Gasteiger partial charge in [-0.2, -0.15) is 0 Å². The van der Waals surface area contributed by atoms with Crippen LogP contribution in [0.4, 0.5) is 5.69 Å². The highest BCUT2D eigenvalue weighted by molar-refractivity contribution is 9.10. The molecule has 0 radical (unpaired) electrons. The summed E-state index contributed by atoms with van der Waals surface area (Å²) < 4.78 is 6.29. The molecular formula is C15H13BrN2O3. The van der Waals surface area contributed by atoms with Crippen LogP contribution in [0.25, 0.3) is 0 Å². The molecule has 2 aromatic rings. The first-order chi connectivity index (χ1) is 10.1. The number of hydrogen-bond donors (Lipinski definition) is 1. The molecule has 1 unspecified atom stereocenters. The van der Waals surface area contributed by atoms with Gasteiger partial charge in [0.15, 0.2) is 0 Å². The minimum Gasteiger partial charge on any atom is -0.491 e. The fraction of sp³-hybridized carbons (Fsp3) is 0.200. The minimum absolute atomic E-state index is 0.0597. The van der Waals surface area contributed by atoms with E-state index in [9.17, 15) is 10.1 Å². The lowest BCUT2D eigenvalue weighted by atomic mass is 10.1. The second-order valence-corrected chi connectivity index (χ2v) is 5.73. The Bertz CT molecular complexity index is 690. The van der Waals surface area contributed by atoms with Crippen LogP contribution >= 0.6 is 15.9 Å². The molecule has 6 heteroatoms. The average Bonchev–Trinajstić information content (AvgIpc) is 2.89. The van der Waals surface area contributed by atoms with Crippen molar-refractivity contribution in [2.75, 3.05) is 6.61 Å². The maximum Gasteiger partial charge on any atom is 0.275 e. The summed E-state index contributed by atoms with van der Waals surface area (Å²) >= 11 is 3.26. The van der Waals surface area contributed by atoms with E-state index in [2.05, 4.69) is 21.2 Å². The Morgan fingerprint density at radius 3 is 2.95 bits per heavy atom. The Labute approximate surface area is 130 Å². The predicted molar refractivity (Wildman–Crippen MR) is 82.3 cm³/mol. The number of nitro groups is 1. The Kier molecular flexibility index (Phi) is 3.90. The van der Waals surface area contributed by atoms with E-state index in [4.69, 9.17) is 4.74 Å². The van der Waals surface area contributed by atoms with Crippen LogP contribution in [0.5, 0.6) is 5.75 Å². The number of fused-ring (bicyclic) bond motifs is 1. The van der Waals surface area contributed by atoms with Gasteiger partial charge in [-0.1, -0.05) is 34.1 Å². The lowest BCUT2D eigenvalue weighted by molar-refractivity contribution is -0.385. The molecule has 1 atom stereocenters. The molecule has 0 saturated carbocycles. The quantitative estimate of drug-likeness (QED) is 0.677. The number of nitrogens with one attached hydrogen (secondary N) is 1. The molecule has 1 heterocycles. The zero-order chi connectivity index (χ0) is 14.8. The Balaban J connectivity index is 1.76. The van der Waals surface area contributed by atoms with Crippen molar-refractivity contribution in [3.63, 3.8) is 0 Å². The van der Waals surface area contributed by atoms with Gasteiger partial charge in [-0.05, 0) is 18.2 Å². The first kappa shape index (κ1) is 14.0. The van der Waals surface area contributed by atoms with E-state index in [0.717, 1.165) is 11.3 Å². The van der Waals surface area contributed by atoms with E-state index in [1.165, 1.54) is 6.07 Å². The molecule has 1 aliphatic rings. The summed E-state index contributed by atoms with van der Waals surface area (Å²) in [5, 5.41) is 14.4. The van der Waals surface area contributed by atoms with Gasteiger partial charge in [0.1, 0.15) is 12.4 Å². The normalized spacial score (nSPS) is 16.3. The third-order valence-electron chi connectivity index (χ3n) is 3.48. The van der Waals surface area contributed by atoms with Crippen molar-refractivity contribution >= 4 is 21.6 Å². The van der Waals surface area contributed by atoms with Crippen molar-refractivity contribution < 1.29 is 9.66 Å². The van der Waals surface area contributed by atoms with Crippen molar-refractivity contribution in [3.05, 3.63) is 68.2 Å². The predicted octanol–water partition coefficient (Wildman–Crippen LogP) is 3.58. The molecule has 0 fully saturated rings. The summed E-state index contributed by atoms with van der Waals surface area (Å²) in [6, 6.07) is 13.0. The van der Waals surface area contributed by atoms with Gasteiger partial charge in [0.2, 0.25) is 0 Å². The Hall–Kier alpha value is -1.92. The van der Waals surface area contributed by atoms with Crippen molar-refractivity contribution in [1.29, 1.82) is 0 Å². The van der Waals surface area contributed by atoms with Crippen molar-refractivity contribution in [1.82, 2.24) is 5.32 Å². The summed E-state index contributed by atoms with van der Waals surface area (Å²) in [5.74, 6) is 0.875. The maximum atomic E-state index is 11.1. The molecule has 1 aliphatic heterocycles. The molecule has 21 heavy (non-hydrogen) atoms. The van der Waals surface area contributed by atoms with Gasteiger partial charge in [-0.3, -0.25) is 10.1 Å². The number of para-hydroxylation sites is 1. The largest absolute Gasteiger partial charge is 0.491 e. The Morgan fingerprint density at radius 2 is 2.14 bits per heavy atom. The molecule has 0 spiro atoms. The fourth-order valence-electron chi connectivity index (χ4n) is 2.42. The first-order valence-corrected chi connectivity index (χ1v) is 7.32. The summed E-state index contributed by atoms with van der Waals surface area (Å²) in [5.41, 5.74) is 1.87. The van der Waals surface area contributed by atoms with E-state index in [1.54, 1.807) is 6.07 Å². The van der Waals surface area contributed by atoms with Crippen molar-refractivity contribution in [3.8, 4) is 5.75 Å². The molecule has 0 amide bonds. The zero-order valence-electron chi connectivity index (χ0n) is 11.1. The number of halogens is 1. The van der Waals surface area contributed by atoms with Crippen LogP contribution in [-0.2, 0) is 6.54 Å². The van der Waals surface area contributed by atoms with Crippen molar-refractivity contribution in [2.24, 2.45) is 0 Å². The number of nitro benzene ring substituents is 1. The molecule has 3 rings (SSSR count). The number of rotatable bonds is 4. The van der Waals surface area contributed by atoms with Gasteiger partial charge < -0.3 is 10.1 Å². The molecule has 1 N–H and O–H groups in total. The van der Waals surface area contributed by atoms with Gasteiger partial charge in [0, 0.05) is 28.2 Å². The van der Waals surface area contributed by atoms with E-state index in [1.807, 2.05) is 30.3 Å². The van der Waals surface area contributed by atoms with E-state index < -0.39 is 0 Å². The SMILES string of the molecule is O=[N+]([O-])c1cc(Br)ccc1CNC1COc2ccccc21. The lowest BCUT2D eigenvalue weighted by Crippen LogP contribution is -2.22. The molecule has 2 aromatic carbocycles. The third kappa shape index (κ3) is 2.91. The Morgan fingerprint density at radius 1 is 1.33 bits per heavy atom. The number of ether oxygens (including phenoxy) is 1. The summed E-state index contributed by atoms with van der Waals surface area (Å²) in [4.78, 5) is 10.7. The third-order valence-corrected chi connectivity index (χ3v) is 3.98. The van der Waals surface area contributed by atoms with Gasteiger partial charge in [-0.25, -0.2) is 0 Å². The smallest absolute Gasteiger partial charge is 0.275 e. The summed E-state index contributed by atoms with van der Waals surface area (Å²) in [6.45, 7) is 0.968. The van der Waals surface area contributed by atoms with E-state index in [-0.39, 0.29) is 16.7 Å². The van der Waals surface area contributed by atoms with Gasteiger partial charge >= 0.3 is 0 Å². The molecular weight excluding hydrogens is 336 g/mol. The van der Waals surface area contributed by atoms with Crippen LogP contribution in [-0.4, -0.2) is 11.5 Å². The monoisotopic (exact) mass is 348 g/mol. The fourth-order valence-corrected chi connectivity index (χ4v) is 2.77. The summed E-state index contributed by atoms with van der Waals surface area (Å²) in [7, 11) is 0. The van der Waals surface area contributed by atoms with Crippen molar-refractivity contribution in [2.45, 2.75) is 12.6 Å². The molecule has 0 bridgehead atoms. The van der Waals surface area contributed by atoms with Crippen LogP contribution in [0.1, 0.15) is 17.2 Å². The van der Waals surface area contributed by atoms with E-state index >= 15 is 0 Å². The zero-order valence-corrected chi connectivity index (χ0v) is 12.7. The molecule has 0 aliphatic carbocycles. The van der Waals surface area contributed by atoms with Gasteiger partial charge in [-0.15, -0.1) is 0 Å². The van der Waals surface area contributed by atoms with Crippen LogP contribution in [0, 0.1) is 10.1 Å². The molecule has 108 valence electrons. The highest BCUT2D eigenvalue weighted by Gasteiger charge is 2.24. The van der Waals surface area contributed by atoms with Gasteiger partial charge in [0.25, 0.3) is 5.69 Å². The number of benzene rings is 2. The number of nitrogens with zero attached hydrogens (tertiary/aromatic N) is 1. The highest BCUT2D eigenvalue weighted by Crippen LogP contribution is 2.32. The van der Waals surface area contributed by atoms with Crippen LogP contribution in [0.2, 0.25) is 0 Å². The average molecular weight is 349 g/mol. The highest BCUT2D eigenvalue weighted by atomic mass is 79.9. The van der Waals surface area contributed by atoms with E-state index in [0.29, 0.717) is 23.2 Å². The molecule has 5 nitrogen and oxygen atoms in total. The van der Waals surface area contributed by atoms with Crippen LogP contribution in [0.3, 0.4) is 0 Å². The standard InChI is InChI=1S/C15H13BrN2O3/c16-11-6-5-10(14(7-11)18(19)20)8-17-13-9-21-15-4-2-1-3-12(13)15/h1-7,13,17H,8-9H2. The van der Waals surface area contributed by atoms with Crippen LogP contribution in [0.15, 0.2) is 46.9 Å². The topological polar surface area (TPSA) is 64.4 Å². The number of hydrogen-bond acceptors (Lipinski definition) is 4. The van der Waals surface area contributed by atoms with Crippen LogP contribution < -0.4 is 10.1 Å².